The second kappa shape index (κ2) is 5.81. The maximum absolute atomic E-state index is 11.8. The van der Waals surface area contributed by atoms with Crippen LogP contribution in [0.5, 0.6) is 0 Å². The number of rotatable bonds is 0. The van der Waals surface area contributed by atoms with Crippen LogP contribution >= 0.6 is 0 Å². The third kappa shape index (κ3) is 2.64. The van der Waals surface area contributed by atoms with E-state index in [-0.39, 0.29) is 0 Å². The highest BCUT2D eigenvalue weighted by atomic mass is 16.4. The molecule has 5 rings (SSSR count). The van der Waals surface area contributed by atoms with Gasteiger partial charge in [-0.05, 0) is 72.8 Å². The Morgan fingerprint density at radius 2 is 1.44 bits per heavy atom. The summed E-state index contributed by atoms with van der Waals surface area (Å²) < 4.78 is 1.26. The highest BCUT2D eigenvalue weighted by molar-refractivity contribution is 5.91. The number of aromatic amines is 1. The number of hydrogen-bond donors (Lipinski definition) is 2. The van der Waals surface area contributed by atoms with Gasteiger partial charge in [0.25, 0.3) is 0 Å². The molecule has 0 amide bonds. The van der Waals surface area contributed by atoms with Gasteiger partial charge in [-0.1, -0.05) is 0 Å². The fourth-order valence-corrected chi connectivity index (χ4v) is 3.24. The molecule has 0 atom stereocenters. The number of aromatic nitrogens is 4. The zero-order chi connectivity index (χ0) is 18.4. The lowest BCUT2D eigenvalue weighted by Crippen LogP contribution is -2.06. The van der Waals surface area contributed by atoms with E-state index < -0.39 is 6.09 Å². The summed E-state index contributed by atoms with van der Waals surface area (Å²) in [6.07, 6.45) is 6.64. The van der Waals surface area contributed by atoms with Crippen LogP contribution in [-0.4, -0.2) is 30.7 Å². The van der Waals surface area contributed by atoms with E-state index in [4.69, 9.17) is 0 Å². The Labute approximate surface area is 153 Å². The van der Waals surface area contributed by atoms with Crippen molar-refractivity contribution in [1.29, 1.82) is 0 Å². The fraction of sp³-hybridized carbons (Fsp3) is 0. The lowest BCUT2D eigenvalue weighted by molar-refractivity contribution is 0.198. The smallest absolute Gasteiger partial charge is 0.416 e. The molecule has 2 aliphatic heterocycles. The number of hydrogen-bond acceptors (Lipinski definition) is 3. The first-order valence-corrected chi connectivity index (χ1v) is 8.46. The van der Waals surface area contributed by atoms with Crippen LogP contribution in [-0.2, 0) is 0 Å². The van der Waals surface area contributed by atoms with Crippen molar-refractivity contribution >= 4 is 52.5 Å². The second-order valence-electron chi connectivity index (χ2n) is 6.27. The standard InChI is InChI=1S/C21H14N4O2/c26-21(27)25-16-7-3-15-5-10-18(23-15)17-9-4-13(22-17)1-2-14-6-11-19(24-14)20(25)12-8-16/h1-12,24H,(H,26,27). The summed E-state index contributed by atoms with van der Waals surface area (Å²) in [7, 11) is 0. The first kappa shape index (κ1) is 15.3. The topological polar surface area (TPSA) is 83.8 Å². The minimum atomic E-state index is -1.04. The monoisotopic (exact) mass is 354 g/mol. The summed E-state index contributed by atoms with van der Waals surface area (Å²) >= 11 is 0. The Bertz CT molecular complexity index is 1310. The average molecular weight is 354 g/mol. The predicted molar refractivity (Wildman–Crippen MR) is 106 cm³/mol. The second-order valence-corrected chi connectivity index (χ2v) is 6.27. The van der Waals surface area contributed by atoms with Crippen molar-refractivity contribution < 1.29 is 9.90 Å². The van der Waals surface area contributed by atoms with Gasteiger partial charge in [-0.15, -0.1) is 0 Å². The van der Waals surface area contributed by atoms with E-state index in [0.29, 0.717) is 11.0 Å². The molecule has 0 radical (unpaired) electrons. The van der Waals surface area contributed by atoms with Crippen molar-refractivity contribution in [2.45, 2.75) is 0 Å². The van der Waals surface area contributed by atoms with Gasteiger partial charge in [0.2, 0.25) is 0 Å². The van der Waals surface area contributed by atoms with Gasteiger partial charge in [0.05, 0.1) is 39.3 Å². The molecule has 6 heteroatoms. The first-order chi connectivity index (χ1) is 13.2. The summed E-state index contributed by atoms with van der Waals surface area (Å²) in [5.41, 5.74) is 5.93. The summed E-state index contributed by atoms with van der Waals surface area (Å²) in [5.74, 6) is 0. The average Bonchev–Trinajstić information content (AvgIpc) is 3.43. The molecule has 130 valence electrons. The minimum absolute atomic E-state index is 0.564. The van der Waals surface area contributed by atoms with Crippen LogP contribution in [0.1, 0.15) is 22.8 Å². The van der Waals surface area contributed by atoms with Gasteiger partial charge in [-0.2, -0.15) is 0 Å². The molecule has 0 spiro atoms. The van der Waals surface area contributed by atoms with Crippen LogP contribution in [0, 0.1) is 0 Å². The largest absolute Gasteiger partial charge is 0.464 e. The lowest BCUT2D eigenvalue weighted by atomic mass is 10.3. The van der Waals surface area contributed by atoms with Crippen LogP contribution in [0.2, 0.25) is 0 Å². The number of carboxylic acid groups (broad SMARTS) is 1. The molecule has 2 aliphatic rings. The number of nitrogens with zero attached hydrogens (tertiary/aromatic N) is 3. The van der Waals surface area contributed by atoms with Gasteiger partial charge in [0.1, 0.15) is 0 Å². The molecule has 0 aliphatic carbocycles. The molecule has 0 saturated heterocycles. The molecule has 6 nitrogen and oxygen atoms in total. The molecule has 2 N–H and O–H groups in total. The number of fused-ring (bicyclic) bond motifs is 10. The van der Waals surface area contributed by atoms with Gasteiger partial charge < -0.3 is 10.1 Å². The van der Waals surface area contributed by atoms with E-state index in [1.807, 2.05) is 48.6 Å². The molecule has 5 heterocycles. The molecule has 3 aromatic heterocycles. The first-order valence-electron chi connectivity index (χ1n) is 8.46. The van der Waals surface area contributed by atoms with E-state index in [9.17, 15) is 9.90 Å². The van der Waals surface area contributed by atoms with E-state index in [2.05, 4.69) is 15.0 Å². The van der Waals surface area contributed by atoms with E-state index in [1.165, 1.54) is 4.57 Å². The Morgan fingerprint density at radius 1 is 0.815 bits per heavy atom. The van der Waals surface area contributed by atoms with Crippen molar-refractivity contribution in [1.82, 2.24) is 19.5 Å². The summed E-state index contributed by atoms with van der Waals surface area (Å²) in [5, 5.41) is 9.69. The van der Waals surface area contributed by atoms with Gasteiger partial charge in [-0.25, -0.2) is 19.3 Å². The molecule has 0 unspecified atom stereocenters. The van der Waals surface area contributed by atoms with Crippen molar-refractivity contribution in [2.75, 3.05) is 0 Å². The van der Waals surface area contributed by atoms with E-state index in [1.54, 1.807) is 24.3 Å². The van der Waals surface area contributed by atoms with Crippen LogP contribution in [0.3, 0.4) is 0 Å². The van der Waals surface area contributed by atoms with Crippen molar-refractivity contribution in [3.63, 3.8) is 0 Å². The van der Waals surface area contributed by atoms with Crippen LogP contribution in [0.15, 0.2) is 48.5 Å². The molecular formula is C21H14N4O2. The van der Waals surface area contributed by atoms with Gasteiger partial charge in [0, 0.05) is 5.52 Å². The molecule has 3 aromatic rings. The Kier molecular flexibility index (Phi) is 3.30. The molecule has 8 bridgehead atoms. The number of nitrogens with one attached hydrogen (secondary N) is 1. The van der Waals surface area contributed by atoms with E-state index in [0.717, 1.165) is 33.8 Å². The van der Waals surface area contributed by atoms with E-state index >= 15 is 0 Å². The molecule has 0 saturated carbocycles. The quantitative estimate of drug-likeness (QED) is 0.424. The zero-order valence-electron chi connectivity index (χ0n) is 14.1. The molecule has 27 heavy (non-hydrogen) atoms. The lowest BCUT2D eigenvalue weighted by Gasteiger charge is -1.98. The SMILES string of the molecule is O=C(O)n1c2ccc3nc(c4nc(ccc5ccc([nH]5)c1cc2)C=C4)C=C3. The van der Waals surface area contributed by atoms with Crippen LogP contribution < -0.4 is 0 Å². The molecular weight excluding hydrogens is 340 g/mol. The third-order valence-electron chi connectivity index (χ3n) is 4.53. The maximum atomic E-state index is 11.8. The van der Waals surface area contributed by atoms with Crippen LogP contribution in [0.4, 0.5) is 4.79 Å². The number of carbonyl (C=O) groups is 1. The fourth-order valence-electron chi connectivity index (χ4n) is 3.24. The zero-order valence-corrected chi connectivity index (χ0v) is 14.1. The normalized spacial score (nSPS) is 12.4. The molecule has 0 aromatic carbocycles. The van der Waals surface area contributed by atoms with Gasteiger partial charge in [0.15, 0.2) is 0 Å². The van der Waals surface area contributed by atoms with Gasteiger partial charge in [-0.3, -0.25) is 0 Å². The van der Waals surface area contributed by atoms with Crippen molar-refractivity contribution in [3.05, 3.63) is 71.3 Å². The third-order valence-corrected chi connectivity index (χ3v) is 4.53. The van der Waals surface area contributed by atoms with Crippen LogP contribution in [0.25, 0.3) is 46.4 Å². The Hall–Kier alpha value is -3.93. The maximum Gasteiger partial charge on any atom is 0.416 e. The predicted octanol–water partition coefficient (Wildman–Crippen LogP) is 4.66. The minimum Gasteiger partial charge on any atom is -0.464 e. The number of H-pyrrole nitrogens is 1. The summed E-state index contributed by atoms with van der Waals surface area (Å²) in [6.45, 7) is 0. The summed E-state index contributed by atoms with van der Waals surface area (Å²) in [4.78, 5) is 24.2. The molecule has 0 fully saturated rings. The highest BCUT2D eigenvalue weighted by Gasteiger charge is 2.09. The Morgan fingerprint density at radius 3 is 2.15 bits per heavy atom. The van der Waals surface area contributed by atoms with Crippen molar-refractivity contribution in [3.8, 4) is 0 Å². The summed E-state index contributed by atoms with van der Waals surface area (Å²) in [6, 6.07) is 14.7. The van der Waals surface area contributed by atoms with Crippen molar-refractivity contribution in [2.24, 2.45) is 0 Å². The van der Waals surface area contributed by atoms with Gasteiger partial charge >= 0.3 is 6.09 Å². The highest BCUT2D eigenvalue weighted by Crippen LogP contribution is 2.20. The Balaban J connectivity index is 1.90.